The van der Waals surface area contributed by atoms with Gasteiger partial charge in [-0.25, -0.2) is 23.4 Å². The minimum atomic E-state index is -3.46. The molecule has 0 radical (unpaired) electrons. The highest BCUT2D eigenvalue weighted by Crippen LogP contribution is 2.31. The summed E-state index contributed by atoms with van der Waals surface area (Å²) in [7, 11) is 2.66. The Kier molecular flexibility index (Phi) is 7.66. The van der Waals surface area contributed by atoms with Crippen LogP contribution in [0, 0.1) is 17.8 Å². The Hall–Kier alpha value is -4.28. The van der Waals surface area contributed by atoms with Crippen molar-refractivity contribution in [1.82, 2.24) is 38.8 Å². The average Bonchev–Trinajstić information content (AvgIpc) is 3.57. The fourth-order valence-corrected chi connectivity index (χ4v) is 6.62. The van der Waals surface area contributed by atoms with Crippen LogP contribution in [0.3, 0.4) is 0 Å². The van der Waals surface area contributed by atoms with Crippen molar-refractivity contribution in [3.8, 4) is 23.2 Å². The fourth-order valence-electron chi connectivity index (χ4n) is 5.15. The highest BCUT2D eigenvalue weighted by molar-refractivity contribution is 7.90. The van der Waals surface area contributed by atoms with Gasteiger partial charge in [-0.05, 0) is 51.8 Å². The smallest absolute Gasteiger partial charge is 0.256 e. The van der Waals surface area contributed by atoms with Gasteiger partial charge in [0, 0.05) is 51.3 Å². The molecule has 4 aromatic rings. The van der Waals surface area contributed by atoms with E-state index in [1.165, 1.54) is 12.4 Å². The normalized spacial score (nSPS) is 16.0. The van der Waals surface area contributed by atoms with Gasteiger partial charge in [0.2, 0.25) is 0 Å². The number of aryl methyl sites for hydroxylation is 1. The van der Waals surface area contributed by atoms with E-state index in [0.29, 0.717) is 41.8 Å². The predicted molar refractivity (Wildman–Crippen MR) is 161 cm³/mol. The van der Waals surface area contributed by atoms with Crippen LogP contribution in [0.4, 0.5) is 17.3 Å². The monoisotopic (exact) mass is 586 g/mol. The van der Waals surface area contributed by atoms with Crippen LogP contribution in [0.25, 0.3) is 11.4 Å². The van der Waals surface area contributed by atoms with E-state index < -0.39 is 10.0 Å². The number of nitrogens with zero attached hydrogens (tertiary/aromatic N) is 9. The van der Waals surface area contributed by atoms with Crippen molar-refractivity contribution in [3.63, 3.8) is 0 Å². The fraction of sp³-hybridized carbons (Fsp3) is 0.414. The van der Waals surface area contributed by atoms with Crippen molar-refractivity contribution in [1.29, 1.82) is 0 Å². The molecule has 13 heteroatoms. The third-order valence-corrected chi connectivity index (χ3v) is 9.48. The SMILES string of the molecule is CN(C)CC1CCN(c2cc(Nc3ccnc(-c4cnn(S(=O)(=O)C5CC5)c4)n3)ncc2C#Cc2cnn(C)c2)CC1. The Labute approximate surface area is 245 Å². The van der Waals surface area contributed by atoms with Crippen molar-refractivity contribution in [2.24, 2.45) is 13.0 Å². The van der Waals surface area contributed by atoms with Crippen LogP contribution in [0.5, 0.6) is 0 Å². The second kappa shape index (κ2) is 11.5. The van der Waals surface area contributed by atoms with Gasteiger partial charge in [0.25, 0.3) is 10.0 Å². The van der Waals surface area contributed by atoms with Gasteiger partial charge in [-0.15, -0.1) is 0 Å². The maximum atomic E-state index is 12.5. The summed E-state index contributed by atoms with van der Waals surface area (Å²) in [6.45, 7) is 2.97. The molecule has 0 spiro atoms. The molecule has 1 saturated carbocycles. The number of anilines is 3. The molecular formula is C29H34N10O2S. The highest BCUT2D eigenvalue weighted by atomic mass is 32.2. The van der Waals surface area contributed by atoms with Crippen molar-refractivity contribution < 1.29 is 8.42 Å². The number of piperidine rings is 1. The number of hydrogen-bond acceptors (Lipinski definition) is 10. The van der Waals surface area contributed by atoms with Crippen LogP contribution in [-0.2, 0) is 17.1 Å². The van der Waals surface area contributed by atoms with Crippen molar-refractivity contribution >= 4 is 27.3 Å². The first-order chi connectivity index (χ1) is 20.2. The second-order valence-electron chi connectivity index (χ2n) is 11.2. The maximum Gasteiger partial charge on any atom is 0.256 e. The Bertz CT molecular complexity index is 1740. The van der Waals surface area contributed by atoms with Crippen molar-refractivity contribution in [2.75, 3.05) is 43.9 Å². The standard InChI is InChI=1S/C29H34N10O2S/c1-36(2)18-21-9-12-38(13-10-21)26-14-28(31-16-23(26)5-4-22-15-32-37(3)19-22)34-27-8-11-30-29(35-27)24-17-33-39(20-24)42(40,41)25-6-7-25/h8,11,14-17,19-21,25H,6-7,9-10,12-13,18H2,1-3H3,(H,30,31,34,35). The van der Waals surface area contributed by atoms with E-state index >= 15 is 0 Å². The van der Waals surface area contributed by atoms with E-state index in [1.807, 2.05) is 19.3 Å². The molecule has 1 aliphatic heterocycles. The van der Waals surface area contributed by atoms with Gasteiger partial charge in [-0.3, -0.25) is 4.68 Å². The van der Waals surface area contributed by atoms with Gasteiger partial charge >= 0.3 is 0 Å². The highest BCUT2D eigenvalue weighted by Gasteiger charge is 2.37. The van der Waals surface area contributed by atoms with E-state index in [2.05, 4.69) is 66.2 Å². The summed E-state index contributed by atoms with van der Waals surface area (Å²) in [5, 5.41) is 11.2. The van der Waals surface area contributed by atoms with Crippen LogP contribution in [0.15, 0.2) is 49.3 Å². The lowest BCUT2D eigenvalue weighted by Gasteiger charge is -2.35. The first-order valence-corrected chi connectivity index (χ1v) is 15.5. The molecule has 0 bridgehead atoms. The van der Waals surface area contributed by atoms with E-state index in [-0.39, 0.29) is 5.25 Å². The molecule has 2 aliphatic rings. The summed E-state index contributed by atoms with van der Waals surface area (Å²) < 4.78 is 27.9. The van der Waals surface area contributed by atoms with Crippen LogP contribution >= 0.6 is 0 Å². The van der Waals surface area contributed by atoms with Crippen LogP contribution in [0.2, 0.25) is 0 Å². The van der Waals surface area contributed by atoms with Gasteiger partial charge in [0.15, 0.2) is 5.82 Å². The van der Waals surface area contributed by atoms with Gasteiger partial charge in [0.1, 0.15) is 11.6 Å². The van der Waals surface area contributed by atoms with Crippen LogP contribution in [0.1, 0.15) is 36.8 Å². The van der Waals surface area contributed by atoms with E-state index in [9.17, 15) is 8.42 Å². The Balaban J connectivity index is 1.25. The van der Waals surface area contributed by atoms with Gasteiger partial charge < -0.3 is 15.1 Å². The van der Waals surface area contributed by atoms with E-state index in [4.69, 9.17) is 0 Å². The molecule has 4 aromatic heterocycles. The number of aromatic nitrogens is 7. The minimum absolute atomic E-state index is 0.352. The molecule has 12 nitrogen and oxygen atoms in total. The van der Waals surface area contributed by atoms with Gasteiger partial charge in [-0.1, -0.05) is 11.8 Å². The summed E-state index contributed by atoms with van der Waals surface area (Å²) in [5.74, 6) is 8.73. The lowest BCUT2D eigenvalue weighted by atomic mass is 9.95. The molecule has 0 atom stereocenters. The summed E-state index contributed by atoms with van der Waals surface area (Å²) in [6, 6.07) is 3.76. The molecule has 0 aromatic carbocycles. The third-order valence-electron chi connectivity index (χ3n) is 7.44. The number of nitrogens with one attached hydrogen (secondary N) is 1. The topological polar surface area (TPSA) is 127 Å². The zero-order valence-electron chi connectivity index (χ0n) is 24.0. The third kappa shape index (κ3) is 6.29. The molecule has 2 fully saturated rings. The molecule has 6 rings (SSSR count). The minimum Gasteiger partial charge on any atom is -0.370 e. The van der Waals surface area contributed by atoms with Gasteiger partial charge in [0.05, 0.1) is 46.2 Å². The zero-order chi connectivity index (χ0) is 29.3. The molecule has 1 saturated heterocycles. The van der Waals surface area contributed by atoms with Crippen LogP contribution in [-0.4, -0.2) is 86.2 Å². The summed E-state index contributed by atoms with van der Waals surface area (Å²) >= 11 is 0. The molecule has 1 aliphatic carbocycles. The largest absolute Gasteiger partial charge is 0.370 e. The first-order valence-electron chi connectivity index (χ1n) is 14.0. The molecule has 0 amide bonds. The molecule has 42 heavy (non-hydrogen) atoms. The summed E-state index contributed by atoms with van der Waals surface area (Å²) in [6.07, 6.45) is 13.6. The maximum absolute atomic E-state index is 12.5. The first kappa shape index (κ1) is 27.9. The number of rotatable bonds is 8. The number of hydrogen-bond donors (Lipinski definition) is 1. The quantitative estimate of drug-likeness (QED) is 0.308. The zero-order valence-corrected chi connectivity index (χ0v) is 24.8. The predicted octanol–water partition coefficient (Wildman–Crippen LogP) is 2.73. The summed E-state index contributed by atoms with van der Waals surface area (Å²) in [5.41, 5.74) is 3.24. The molecule has 0 unspecified atom stereocenters. The molecular weight excluding hydrogens is 552 g/mol. The Morgan fingerprint density at radius 3 is 2.52 bits per heavy atom. The molecule has 1 N–H and O–H groups in total. The lowest BCUT2D eigenvalue weighted by Crippen LogP contribution is -2.37. The molecule has 218 valence electrons. The second-order valence-corrected chi connectivity index (χ2v) is 13.2. The number of pyridine rings is 1. The Morgan fingerprint density at radius 2 is 1.81 bits per heavy atom. The molecule has 5 heterocycles. The average molecular weight is 587 g/mol. The Morgan fingerprint density at radius 1 is 1.00 bits per heavy atom. The van der Waals surface area contributed by atoms with Crippen LogP contribution < -0.4 is 10.2 Å². The van der Waals surface area contributed by atoms with Gasteiger partial charge in [-0.2, -0.15) is 14.3 Å². The van der Waals surface area contributed by atoms with Crippen molar-refractivity contribution in [3.05, 3.63) is 60.4 Å². The van der Waals surface area contributed by atoms with Crippen molar-refractivity contribution in [2.45, 2.75) is 30.9 Å². The van der Waals surface area contributed by atoms with E-state index in [1.54, 1.807) is 29.3 Å². The van der Waals surface area contributed by atoms with E-state index in [0.717, 1.165) is 53.4 Å². The lowest BCUT2D eigenvalue weighted by molar-refractivity contribution is 0.285. The summed E-state index contributed by atoms with van der Waals surface area (Å²) in [4.78, 5) is 18.2.